The van der Waals surface area contributed by atoms with Crippen molar-refractivity contribution in [1.29, 1.82) is 0 Å². The minimum atomic E-state index is -3.09. The topological polar surface area (TPSA) is 57.6 Å². The molecule has 19 heavy (non-hydrogen) atoms. The summed E-state index contributed by atoms with van der Waals surface area (Å²) in [5.41, 5.74) is 0. The molecule has 0 aromatic carbocycles. The fourth-order valence-electron chi connectivity index (χ4n) is 3.04. The molecule has 0 aliphatic heterocycles. The molecule has 0 saturated heterocycles. The van der Waals surface area contributed by atoms with E-state index in [2.05, 4.69) is 0 Å². The second kappa shape index (κ2) is 7.04. The van der Waals surface area contributed by atoms with Crippen LogP contribution in [0.1, 0.15) is 57.8 Å². The van der Waals surface area contributed by atoms with E-state index in [4.69, 9.17) is 5.11 Å². The molecule has 0 unspecified atom stereocenters. The molecule has 0 spiro atoms. The van der Waals surface area contributed by atoms with Gasteiger partial charge in [0.2, 0.25) is 10.0 Å². The second-order valence-electron chi connectivity index (χ2n) is 6.06. The average Bonchev–Trinajstić information content (AvgIpc) is 3.19. The van der Waals surface area contributed by atoms with Crippen molar-refractivity contribution in [2.24, 2.45) is 5.92 Å². The van der Waals surface area contributed by atoms with Crippen LogP contribution in [0, 0.1) is 5.92 Å². The van der Waals surface area contributed by atoms with Crippen LogP contribution < -0.4 is 0 Å². The molecule has 2 fully saturated rings. The predicted molar refractivity (Wildman–Crippen MR) is 76.4 cm³/mol. The lowest BCUT2D eigenvalue weighted by Gasteiger charge is -2.27. The standard InChI is InChI=1S/C14H27NO3S/c16-11-5-4-10-15(14-8-9-14)19(17,18)12-13-6-2-1-3-7-13/h13-14,16H,1-12H2. The minimum Gasteiger partial charge on any atom is -0.396 e. The molecule has 0 amide bonds. The van der Waals surface area contributed by atoms with Gasteiger partial charge in [0.15, 0.2) is 0 Å². The number of hydrogen-bond acceptors (Lipinski definition) is 3. The van der Waals surface area contributed by atoms with E-state index in [1.54, 1.807) is 4.31 Å². The van der Waals surface area contributed by atoms with Crippen molar-refractivity contribution in [3.05, 3.63) is 0 Å². The quantitative estimate of drug-likeness (QED) is 0.696. The number of unbranched alkanes of at least 4 members (excludes halogenated alkanes) is 1. The summed E-state index contributed by atoms with van der Waals surface area (Å²) in [7, 11) is -3.09. The molecule has 0 bridgehead atoms. The van der Waals surface area contributed by atoms with Crippen LogP contribution in [-0.4, -0.2) is 42.8 Å². The number of sulfonamides is 1. The van der Waals surface area contributed by atoms with E-state index in [1.165, 1.54) is 19.3 Å². The van der Waals surface area contributed by atoms with Crippen LogP contribution in [0.2, 0.25) is 0 Å². The Balaban J connectivity index is 1.89. The Morgan fingerprint density at radius 2 is 1.68 bits per heavy atom. The third-order valence-electron chi connectivity index (χ3n) is 4.27. The van der Waals surface area contributed by atoms with Gasteiger partial charge in [-0.25, -0.2) is 8.42 Å². The zero-order valence-corrected chi connectivity index (χ0v) is 12.6. The van der Waals surface area contributed by atoms with Gasteiger partial charge in [0.1, 0.15) is 0 Å². The molecule has 0 aromatic heterocycles. The summed E-state index contributed by atoms with van der Waals surface area (Å²) < 4.78 is 26.8. The Labute approximate surface area is 117 Å². The van der Waals surface area contributed by atoms with Crippen LogP contribution in [0.4, 0.5) is 0 Å². The molecule has 2 aliphatic rings. The summed E-state index contributed by atoms with van der Waals surface area (Å²) >= 11 is 0. The summed E-state index contributed by atoms with van der Waals surface area (Å²) in [6.45, 7) is 0.751. The number of nitrogens with zero attached hydrogens (tertiary/aromatic N) is 1. The Bertz CT molecular complexity index is 359. The third kappa shape index (κ3) is 4.72. The fraction of sp³-hybridized carbons (Fsp3) is 1.00. The maximum atomic E-state index is 12.5. The molecular weight excluding hydrogens is 262 g/mol. The molecule has 2 rings (SSSR count). The number of rotatable bonds is 8. The first-order chi connectivity index (χ1) is 9.13. The van der Waals surface area contributed by atoms with Crippen LogP contribution in [-0.2, 0) is 10.0 Å². The van der Waals surface area contributed by atoms with Crippen LogP contribution >= 0.6 is 0 Å². The van der Waals surface area contributed by atoms with Crippen molar-refractivity contribution < 1.29 is 13.5 Å². The zero-order valence-electron chi connectivity index (χ0n) is 11.8. The summed E-state index contributed by atoms with van der Waals surface area (Å²) in [4.78, 5) is 0. The summed E-state index contributed by atoms with van der Waals surface area (Å²) in [6.07, 6.45) is 9.30. The lowest BCUT2D eigenvalue weighted by Crippen LogP contribution is -2.38. The van der Waals surface area contributed by atoms with Crippen molar-refractivity contribution >= 4 is 10.0 Å². The highest BCUT2D eigenvalue weighted by atomic mass is 32.2. The first-order valence-electron chi connectivity index (χ1n) is 7.74. The molecule has 5 heteroatoms. The third-order valence-corrected chi connectivity index (χ3v) is 6.36. The van der Waals surface area contributed by atoms with Gasteiger partial charge in [0.25, 0.3) is 0 Å². The van der Waals surface area contributed by atoms with E-state index in [9.17, 15) is 8.42 Å². The van der Waals surface area contributed by atoms with Crippen molar-refractivity contribution in [2.45, 2.75) is 63.8 Å². The molecule has 1 N–H and O–H groups in total. The highest BCUT2D eigenvalue weighted by molar-refractivity contribution is 7.89. The molecule has 112 valence electrons. The summed E-state index contributed by atoms with van der Waals surface area (Å²) in [5.74, 6) is 0.723. The molecule has 0 heterocycles. The zero-order chi connectivity index (χ0) is 13.7. The lowest BCUT2D eigenvalue weighted by molar-refractivity contribution is 0.274. The molecule has 0 radical (unpaired) electrons. The maximum Gasteiger partial charge on any atom is 0.214 e. The van der Waals surface area contributed by atoms with Crippen molar-refractivity contribution in [3.63, 3.8) is 0 Å². The molecule has 2 saturated carbocycles. The highest BCUT2D eigenvalue weighted by Crippen LogP contribution is 2.32. The number of hydrogen-bond donors (Lipinski definition) is 1. The largest absolute Gasteiger partial charge is 0.396 e. The second-order valence-corrected chi connectivity index (χ2v) is 8.02. The van der Waals surface area contributed by atoms with E-state index >= 15 is 0 Å². The first kappa shape index (κ1) is 15.3. The predicted octanol–water partition coefficient (Wildman–Crippen LogP) is 2.13. The van der Waals surface area contributed by atoms with Gasteiger partial charge in [-0.3, -0.25) is 0 Å². The Morgan fingerprint density at radius 1 is 1.00 bits per heavy atom. The van der Waals surface area contributed by atoms with Gasteiger partial charge in [0, 0.05) is 19.2 Å². The van der Waals surface area contributed by atoms with Crippen molar-refractivity contribution in [1.82, 2.24) is 4.31 Å². The Hall–Kier alpha value is -0.130. The van der Waals surface area contributed by atoms with Crippen LogP contribution in [0.15, 0.2) is 0 Å². The van der Waals surface area contributed by atoms with Crippen molar-refractivity contribution in [3.8, 4) is 0 Å². The van der Waals surface area contributed by atoms with E-state index in [1.807, 2.05) is 0 Å². The van der Waals surface area contributed by atoms with E-state index in [0.29, 0.717) is 24.6 Å². The lowest BCUT2D eigenvalue weighted by atomic mass is 9.91. The molecular formula is C14H27NO3S. The van der Waals surface area contributed by atoms with Gasteiger partial charge >= 0.3 is 0 Å². The Kier molecular flexibility index (Phi) is 5.66. The summed E-state index contributed by atoms with van der Waals surface area (Å²) in [5, 5.41) is 8.83. The average molecular weight is 289 g/mol. The number of aliphatic hydroxyl groups is 1. The van der Waals surface area contributed by atoms with E-state index in [-0.39, 0.29) is 12.6 Å². The molecule has 4 nitrogen and oxygen atoms in total. The van der Waals surface area contributed by atoms with Gasteiger partial charge in [-0.2, -0.15) is 4.31 Å². The normalized spacial score (nSPS) is 22.0. The number of aliphatic hydroxyl groups excluding tert-OH is 1. The molecule has 2 aliphatic carbocycles. The smallest absolute Gasteiger partial charge is 0.214 e. The van der Waals surface area contributed by atoms with Gasteiger partial charge in [0.05, 0.1) is 5.75 Å². The summed E-state index contributed by atoms with van der Waals surface area (Å²) in [6, 6.07) is 0.257. The minimum absolute atomic E-state index is 0.154. The van der Waals surface area contributed by atoms with Crippen molar-refractivity contribution in [2.75, 3.05) is 18.9 Å². The Morgan fingerprint density at radius 3 is 2.26 bits per heavy atom. The highest BCUT2D eigenvalue weighted by Gasteiger charge is 2.37. The monoisotopic (exact) mass is 289 g/mol. The molecule has 0 aromatic rings. The first-order valence-corrected chi connectivity index (χ1v) is 9.35. The molecule has 0 atom stereocenters. The van der Waals surface area contributed by atoms with Crippen LogP contribution in [0.25, 0.3) is 0 Å². The SMILES string of the molecule is O=S(=O)(CC1CCCCC1)N(CCCCO)C1CC1. The van der Waals surface area contributed by atoms with Gasteiger partial charge < -0.3 is 5.11 Å². The van der Waals surface area contributed by atoms with Crippen LogP contribution in [0.5, 0.6) is 0 Å². The van der Waals surface area contributed by atoms with E-state index in [0.717, 1.165) is 32.1 Å². The fourth-order valence-corrected chi connectivity index (χ4v) is 5.23. The van der Waals surface area contributed by atoms with Gasteiger partial charge in [-0.05, 0) is 44.4 Å². The maximum absolute atomic E-state index is 12.5. The van der Waals surface area contributed by atoms with E-state index < -0.39 is 10.0 Å². The van der Waals surface area contributed by atoms with Crippen LogP contribution in [0.3, 0.4) is 0 Å². The van der Waals surface area contributed by atoms with Gasteiger partial charge in [-0.1, -0.05) is 19.3 Å². The van der Waals surface area contributed by atoms with Gasteiger partial charge in [-0.15, -0.1) is 0 Å².